The molecular weight excluding hydrogens is 437 g/mol. The van der Waals surface area contributed by atoms with E-state index < -0.39 is 11.6 Å². The Morgan fingerprint density at radius 2 is 1.62 bits per heavy atom. The highest BCUT2D eigenvalue weighted by Gasteiger charge is 2.20. The van der Waals surface area contributed by atoms with Gasteiger partial charge in [0.15, 0.2) is 11.6 Å². The van der Waals surface area contributed by atoms with Crippen LogP contribution in [0.1, 0.15) is 43.7 Å². The molecule has 3 aromatic carbocycles. The number of hydrogen-bond acceptors (Lipinski definition) is 2. The molecule has 178 valence electrons. The fourth-order valence-electron chi connectivity index (χ4n) is 4.54. The second kappa shape index (κ2) is 10.8. The van der Waals surface area contributed by atoms with Crippen molar-refractivity contribution in [3.63, 3.8) is 0 Å². The Balaban J connectivity index is 1.39. The van der Waals surface area contributed by atoms with Crippen LogP contribution in [0.2, 0.25) is 0 Å². The van der Waals surface area contributed by atoms with Crippen LogP contribution in [0.4, 0.5) is 13.2 Å². The lowest BCUT2D eigenvalue weighted by Crippen LogP contribution is -2.08. The van der Waals surface area contributed by atoms with Gasteiger partial charge in [0, 0.05) is 17.2 Å². The molecule has 34 heavy (non-hydrogen) atoms. The summed E-state index contributed by atoms with van der Waals surface area (Å²) in [6.45, 7) is 2.36. The molecule has 2 nitrogen and oxygen atoms in total. The minimum atomic E-state index is -0.820. The van der Waals surface area contributed by atoms with Crippen LogP contribution in [0.25, 0.3) is 16.7 Å². The summed E-state index contributed by atoms with van der Waals surface area (Å²) in [5.74, 6) is -0.318. The lowest BCUT2D eigenvalue weighted by atomic mass is 9.83. The van der Waals surface area contributed by atoms with Crippen molar-refractivity contribution < 1.29 is 22.6 Å². The molecule has 0 radical (unpaired) electrons. The smallest absolute Gasteiger partial charge is 0.166 e. The zero-order valence-electron chi connectivity index (χ0n) is 19.5. The highest BCUT2D eigenvalue weighted by atomic mass is 19.2. The quantitative estimate of drug-likeness (QED) is 0.335. The largest absolute Gasteiger partial charge is 0.497 e. The van der Waals surface area contributed by atoms with Gasteiger partial charge in [-0.15, -0.1) is 0 Å². The van der Waals surface area contributed by atoms with Crippen LogP contribution in [0.5, 0.6) is 11.5 Å². The predicted octanol–water partition coefficient (Wildman–Crippen LogP) is 7.99. The molecule has 4 rings (SSSR count). The van der Waals surface area contributed by atoms with Crippen molar-refractivity contribution in [2.24, 2.45) is 5.92 Å². The van der Waals surface area contributed by atoms with Gasteiger partial charge in [-0.25, -0.2) is 13.2 Å². The zero-order chi connectivity index (χ0) is 24.1. The van der Waals surface area contributed by atoms with Crippen LogP contribution in [-0.2, 0) is 6.42 Å². The molecule has 0 aliphatic heterocycles. The number of halogens is 3. The van der Waals surface area contributed by atoms with Gasteiger partial charge in [-0.2, -0.15) is 0 Å². The van der Waals surface area contributed by atoms with Gasteiger partial charge < -0.3 is 9.47 Å². The molecule has 1 aliphatic rings. The summed E-state index contributed by atoms with van der Waals surface area (Å²) in [7, 11) is 1.56. The van der Waals surface area contributed by atoms with E-state index in [0.717, 1.165) is 31.3 Å². The summed E-state index contributed by atoms with van der Waals surface area (Å²) >= 11 is 0. The first-order valence-corrected chi connectivity index (χ1v) is 11.7. The number of allylic oxidation sites excluding steroid dienone is 2. The topological polar surface area (TPSA) is 18.5 Å². The van der Waals surface area contributed by atoms with E-state index in [1.165, 1.54) is 6.07 Å². The van der Waals surface area contributed by atoms with E-state index in [2.05, 4.69) is 6.08 Å². The van der Waals surface area contributed by atoms with Crippen LogP contribution in [0.15, 0.2) is 60.7 Å². The van der Waals surface area contributed by atoms with Gasteiger partial charge in [-0.05, 0) is 85.9 Å². The number of rotatable bonds is 8. The normalized spacial score (nSPS) is 15.7. The molecule has 0 saturated heterocycles. The van der Waals surface area contributed by atoms with Crippen molar-refractivity contribution in [2.45, 2.75) is 39.0 Å². The molecule has 0 N–H and O–H groups in total. The van der Waals surface area contributed by atoms with E-state index in [4.69, 9.17) is 9.47 Å². The second-order valence-corrected chi connectivity index (χ2v) is 8.61. The molecular formula is C29H29F3O2. The van der Waals surface area contributed by atoms with E-state index in [9.17, 15) is 13.2 Å². The Bertz CT molecular complexity index is 1170. The summed E-state index contributed by atoms with van der Waals surface area (Å²) in [6.07, 6.45) is 5.77. The minimum Gasteiger partial charge on any atom is -0.497 e. The lowest BCUT2D eigenvalue weighted by molar-refractivity contribution is 0.338. The van der Waals surface area contributed by atoms with Crippen LogP contribution in [-0.4, -0.2) is 13.7 Å². The van der Waals surface area contributed by atoms with Gasteiger partial charge in [0.05, 0.1) is 13.7 Å². The van der Waals surface area contributed by atoms with Gasteiger partial charge >= 0.3 is 0 Å². The first kappa shape index (κ1) is 23.9. The third-order valence-electron chi connectivity index (χ3n) is 6.50. The molecule has 0 fully saturated rings. The lowest BCUT2D eigenvalue weighted by Gasteiger charge is -2.23. The summed E-state index contributed by atoms with van der Waals surface area (Å²) in [4.78, 5) is 0. The third kappa shape index (κ3) is 5.30. The molecule has 0 bridgehead atoms. The monoisotopic (exact) mass is 466 g/mol. The average molecular weight is 467 g/mol. The standard InChI is InChI=1S/C29H29F3O2/c1-3-34-24-15-17-25(27(30)18-24)20-7-4-19(5-8-20)6-9-22-12-16-26(29(32)28(22)31)21-10-13-23(33-2)14-11-21/h7,10-19H,3-6,8-9H2,1-2H3. The summed E-state index contributed by atoms with van der Waals surface area (Å²) in [5, 5.41) is 0. The number of benzene rings is 3. The van der Waals surface area contributed by atoms with Gasteiger partial charge in [0.2, 0.25) is 0 Å². The molecule has 0 heterocycles. The van der Waals surface area contributed by atoms with Crippen LogP contribution < -0.4 is 9.47 Å². The molecule has 0 amide bonds. The molecule has 1 aliphatic carbocycles. The van der Waals surface area contributed by atoms with Crippen LogP contribution in [0, 0.1) is 23.4 Å². The maximum absolute atomic E-state index is 14.8. The Kier molecular flexibility index (Phi) is 7.61. The van der Waals surface area contributed by atoms with E-state index >= 15 is 0 Å². The minimum absolute atomic E-state index is 0.242. The van der Waals surface area contributed by atoms with Crippen molar-refractivity contribution in [1.82, 2.24) is 0 Å². The average Bonchev–Trinajstić information content (AvgIpc) is 2.86. The van der Waals surface area contributed by atoms with E-state index in [1.807, 2.05) is 6.92 Å². The fraction of sp³-hybridized carbons (Fsp3) is 0.310. The van der Waals surface area contributed by atoms with Gasteiger partial charge in [-0.3, -0.25) is 0 Å². The summed E-state index contributed by atoms with van der Waals surface area (Å²) < 4.78 is 54.6. The van der Waals surface area contributed by atoms with Gasteiger partial charge in [0.25, 0.3) is 0 Å². The van der Waals surface area contributed by atoms with E-state index in [-0.39, 0.29) is 11.4 Å². The van der Waals surface area contributed by atoms with Crippen molar-refractivity contribution >= 4 is 5.57 Å². The fourth-order valence-corrected chi connectivity index (χ4v) is 4.54. The molecule has 3 aromatic rings. The van der Waals surface area contributed by atoms with E-state index in [0.29, 0.717) is 47.1 Å². The zero-order valence-corrected chi connectivity index (χ0v) is 19.5. The van der Waals surface area contributed by atoms with E-state index in [1.54, 1.807) is 55.6 Å². The summed E-state index contributed by atoms with van der Waals surface area (Å²) in [5.41, 5.74) is 2.85. The van der Waals surface area contributed by atoms with Crippen molar-refractivity contribution in [3.05, 3.63) is 89.3 Å². The van der Waals surface area contributed by atoms with Crippen LogP contribution in [0.3, 0.4) is 0 Å². The first-order chi connectivity index (χ1) is 16.5. The van der Waals surface area contributed by atoms with Crippen molar-refractivity contribution in [3.8, 4) is 22.6 Å². The maximum atomic E-state index is 14.8. The molecule has 0 saturated carbocycles. The number of hydrogen-bond donors (Lipinski definition) is 0. The Labute approximate surface area is 199 Å². The number of ether oxygens (including phenoxy) is 2. The van der Waals surface area contributed by atoms with Gasteiger partial charge in [0.1, 0.15) is 17.3 Å². The predicted molar refractivity (Wildman–Crippen MR) is 130 cm³/mol. The van der Waals surface area contributed by atoms with Crippen molar-refractivity contribution in [1.29, 1.82) is 0 Å². The highest BCUT2D eigenvalue weighted by Crippen LogP contribution is 2.35. The molecule has 5 heteroatoms. The number of methoxy groups -OCH3 is 1. The van der Waals surface area contributed by atoms with Crippen LogP contribution >= 0.6 is 0 Å². The Morgan fingerprint density at radius 1 is 0.882 bits per heavy atom. The highest BCUT2D eigenvalue weighted by molar-refractivity contribution is 5.67. The molecule has 0 spiro atoms. The molecule has 1 unspecified atom stereocenters. The van der Waals surface area contributed by atoms with Gasteiger partial charge in [-0.1, -0.05) is 30.3 Å². The molecule has 0 aromatic heterocycles. The molecule has 1 atom stereocenters. The maximum Gasteiger partial charge on any atom is 0.166 e. The Morgan fingerprint density at radius 3 is 2.26 bits per heavy atom. The second-order valence-electron chi connectivity index (χ2n) is 8.61. The summed E-state index contributed by atoms with van der Waals surface area (Å²) in [6, 6.07) is 15.2. The SMILES string of the molecule is CCOc1ccc(C2=CCC(CCc3ccc(-c4ccc(OC)cc4)c(F)c3F)CC2)c(F)c1. The third-order valence-corrected chi connectivity index (χ3v) is 6.50. The Hall–Kier alpha value is -3.21. The van der Waals surface area contributed by atoms with Crippen molar-refractivity contribution in [2.75, 3.05) is 13.7 Å². The first-order valence-electron chi connectivity index (χ1n) is 11.7. The number of aryl methyl sites for hydroxylation is 1.